The second-order valence-corrected chi connectivity index (χ2v) is 13.9. The van der Waals surface area contributed by atoms with Gasteiger partial charge in [-0.05, 0) is 32.0 Å². The molecular weight excluding hydrogens is 605 g/mol. The molecule has 14 heteroatoms. The number of amides is 1. The monoisotopic (exact) mass is 645 g/mol. The number of phenols is 1. The fraction of sp³-hybridized carbons (Fsp3) is 0.533. The summed E-state index contributed by atoms with van der Waals surface area (Å²) in [6, 6.07) is 9.11. The molecule has 2 aliphatic heterocycles. The van der Waals surface area contributed by atoms with Crippen molar-refractivity contribution in [3.05, 3.63) is 35.2 Å². The Bertz CT molecular complexity index is 1490. The average Bonchev–Trinajstić information content (AvgIpc) is 3.42. The van der Waals surface area contributed by atoms with Crippen LogP contribution in [0.2, 0.25) is 0 Å². The first kappa shape index (κ1) is 32.5. The number of aromatic hydroxyl groups is 1. The van der Waals surface area contributed by atoms with Crippen LogP contribution < -0.4 is 4.90 Å². The number of fused-ring (bicyclic) bond motifs is 1. The van der Waals surface area contributed by atoms with Gasteiger partial charge in [0.15, 0.2) is 11.6 Å². The van der Waals surface area contributed by atoms with Crippen LogP contribution in [0.15, 0.2) is 30.3 Å². The molecule has 2 aromatic heterocycles. The van der Waals surface area contributed by atoms with Crippen molar-refractivity contribution in [3.8, 4) is 17.1 Å². The van der Waals surface area contributed by atoms with Gasteiger partial charge in [0.25, 0.3) is 0 Å². The molecule has 0 saturated carbocycles. The number of benzene rings is 1. The van der Waals surface area contributed by atoms with Gasteiger partial charge in [0.2, 0.25) is 5.91 Å². The Labute approximate surface area is 261 Å². The number of hydrogen-bond donors (Lipinski definition) is 1. The first-order valence-electron chi connectivity index (χ1n) is 15.1. The maximum atomic E-state index is 12.8. The minimum atomic E-state index is -3.46. The largest absolute Gasteiger partial charge is 0.508 e. The van der Waals surface area contributed by atoms with Crippen molar-refractivity contribution in [2.24, 2.45) is 0 Å². The Hall–Kier alpha value is -2.93. The Morgan fingerprint density at radius 1 is 1.00 bits per heavy atom. The second-order valence-electron chi connectivity index (χ2n) is 10.7. The van der Waals surface area contributed by atoms with E-state index < -0.39 is 7.60 Å². The first-order chi connectivity index (χ1) is 21.3. The zero-order valence-corrected chi connectivity index (χ0v) is 27.0. The van der Waals surface area contributed by atoms with Crippen LogP contribution in [0.5, 0.6) is 5.75 Å². The number of hydrogen-bond acceptors (Lipinski definition) is 12. The van der Waals surface area contributed by atoms with Gasteiger partial charge in [-0.15, -0.1) is 11.3 Å². The van der Waals surface area contributed by atoms with Crippen molar-refractivity contribution < 1.29 is 33.0 Å². The number of aromatic nitrogens is 2. The molecule has 2 aliphatic rings. The van der Waals surface area contributed by atoms with Crippen LogP contribution in [0.4, 0.5) is 5.82 Å². The number of ether oxygens (including phenoxy) is 1. The maximum absolute atomic E-state index is 12.8. The molecule has 238 valence electrons. The van der Waals surface area contributed by atoms with Gasteiger partial charge >= 0.3 is 7.60 Å². The summed E-state index contributed by atoms with van der Waals surface area (Å²) < 4.78 is 29.6. The third-order valence-corrected chi connectivity index (χ3v) is 10.7. The summed E-state index contributed by atoms with van der Waals surface area (Å²) >= 11 is 1.69. The minimum Gasteiger partial charge on any atom is -0.508 e. The van der Waals surface area contributed by atoms with Gasteiger partial charge in [0.05, 0.1) is 36.6 Å². The smallest absolute Gasteiger partial charge is 0.338 e. The molecule has 5 rings (SSSR count). The standard InChI is InChI=1S/C30H40N5O7PS/c1-3-41-43(39,42-4-2)21-24(37)8-9-27(38)34-12-10-33(11-13-34)20-25-19-26-28(44-25)30(35-14-16-40-17-15-35)32-29(31-26)22-6-5-7-23(36)18-22/h5-7,18-19,36H,3-4,8-17,20-21H2,1-2H3. The van der Waals surface area contributed by atoms with Crippen LogP contribution in [0.3, 0.4) is 0 Å². The van der Waals surface area contributed by atoms with E-state index in [4.69, 9.17) is 23.8 Å². The Kier molecular flexibility index (Phi) is 11.0. The highest BCUT2D eigenvalue weighted by Gasteiger charge is 2.29. The Morgan fingerprint density at radius 3 is 2.41 bits per heavy atom. The number of Topliss-reactive ketones (excluding diaryl/α,β-unsaturated/α-hetero) is 1. The molecule has 12 nitrogen and oxygen atoms in total. The number of nitrogens with zero attached hydrogens (tertiary/aromatic N) is 5. The van der Waals surface area contributed by atoms with E-state index in [1.54, 1.807) is 48.3 Å². The molecule has 2 fully saturated rings. The predicted molar refractivity (Wildman–Crippen MR) is 169 cm³/mol. The lowest BCUT2D eigenvalue weighted by molar-refractivity contribution is -0.134. The number of carbonyl (C=O) groups is 2. The molecule has 1 N–H and O–H groups in total. The first-order valence-corrected chi connectivity index (χ1v) is 17.6. The van der Waals surface area contributed by atoms with Crippen LogP contribution in [-0.2, 0) is 34.5 Å². The van der Waals surface area contributed by atoms with Crippen LogP contribution in [0.1, 0.15) is 31.6 Å². The lowest BCUT2D eigenvalue weighted by Crippen LogP contribution is -2.48. The van der Waals surface area contributed by atoms with Crippen molar-refractivity contribution >= 4 is 46.7 Å². The SMILES string of the molecule is CCOP(=O)(CC(=O)CCC(=O)N1CCN(Cc2cc3nc(-c4cccc(O)c4)nc(N4CCOCC4)c3s2)CC1)OCC. The van der Waals surface area contributed by atoms with E-state index in [9.17, 15) is 19.3 Å². The predicted octanol–water partition coefficient (Wildman–Crippen LogP) is 4.16. The lowest BCUT2D eigenvalue weighted by Gasteiger charge is -2.34. The molecule has 0 atom stereocenters. The van der Waals surface area contributed by atoms with E-state index in [1.807, 2.05) is 6.07 Å². The zero-order valence-electron chi connectivity index (χ0n) is 25.3. The summed E-state index contributed by atoms with van der Waals surface area (Å²) in [7, 11) is -3.46. The van der Waals surface area contributed by atoms with Crippen molar-refractivity contribution in [1.82, 2.24) is 19.8 Å². The van der Waals surface area contributed by atoms with Crippen LogP contribution in [0, 0.1) is 0 Å². The molecule has 1 aromatic carbocycles. The van der Waals surface area contributed by atoms with Crippen LogP contribution in [0.25, 0.3) is 21.6 Å². The number of phenolic OH excluding ortho intramolecular Hbond substituents is 1. The number of anilines is 1. The van der Waals surface area contributed by atoms with Gasteiger partial charge in [-0.3, -0.25) is 19.1 Å². The molecule has 0 spiro atoms. The molecule has 0 bridgehead atoms. The third kappa shape index (κ3) is 8.21. The number of thiophene rings is 1. The number of piperazine rings is 1. The fourth-order valence-corrected chi connectivity index (χ4v) is 8.19. The topological polar surface area (TPSA) is 135 Å². The van der Waals surface area contributed by atoms with Gasteiger partial charge < -0.3 is 28.7 Å². The lowest BCUT2D eigenvalue weighted by atomic mass is 10.2. The van der Waals surface area contributed by atoms with Crippen LogP contribution in [-0.4, -0.2) is 108 Å². The number of morpholine rings is 1. The molecule has 0 aliphatic carbocycles. The number of carbonyl (C=O) groups excluding carboxylic acids is 2. The fourth-order valence-electron chi connectivity index (χ4n) is 5.40. The quantitative estimate of drug-likeness (QED) is 0.269. The molecule has 0 radical (unpaired) electrons. The molecule has 44 heavy (non-hydrogen) atoms. The Balaban J connectivity index is 1.20. The summed E-state index contributed by atoms with van der Waals surface area (Å²) in [5.74, 6) is 1.26. The van der Waals surface area contributed by atoms with E-state index in [2.05, 4.69) is 15.9 Å². The summed E-state index contributed by atoms with van der Waals surface area (Å²) in [5, 5.41) is 10.0. The number of ketones is 1. The normalized spacial score (nSPS) is 16.5. The minimum absolute atomic E-state index is 0.0159. The summed E-state index contributed by atoms with van der Waals surface area (Å²) in [6.45, 7) is 9.89. The van der Waals surface area contributed by atoms with Crippen molar-refractivity contribution in [1.29, 1.82) is 0 Å². The average molecular weight is 646 g/mol. The second kappa shape index (κ2) is 14.9. The molecule has 4 heterocycles. The van der Waals surface area contributed by atoms with E-state index in [0.717, 1.165) is 46.1 Å². The molecule has 2 saturated heterocycles. The van der Waals surface area contributed by atoms with E-state index >= 15 is 0 Å². The third-order valence-electron chi connectivity index (χ3n) is 7.56. The highest BCUT2D eigenvalue weighted by Crippen LogP contribution is 2.48. The van der Waals surface area contributed by atoms with Gasteiger partial charge in [-0.1, -0.05) is 12.1 Å². The van der Waals surface area contributed by atoms with E-state index in [0.29, 0.717) is 45.2 Å². The van der Waals surface area contributed by atoms with Gasteiger partial charge in [-0.2, -0.15) is 0 Å². The molecular formula is C30H40N5O7PS. The number of rotatable bonds is 13. The van der Waals surface area contributed by atoms with Gasteiger partial charge in [0, 0.05) is 69.1 Å². The highest BCUT2D eigenvalue weighted by molar-refractivity contribution is 7.54. The van der Waals surface area contributed by atoms with Crippen molar-refractivity contribution in [3.63, 3.8) is 0 Å². The van der Waals surface area contributed by atoms with E-state index in [1.165, 1.54) is 0 Å². The van der Waals surface area contributed by atoms with Crippen molar-refractivity contribution in [2.45, 2.75) is 33.2 Å². The van der Waals surface area contributed by atoms with Gasteiger partial charge in [0.1, 0.15) is 17.7 Å². The Morgan fingerprint density at radius 2 is 1.73 bits per heavy atom. The summed E-state index contributed by atoms with van der Waals surface area (Å²) in [5.41, 5.74) is 1.63. The van der Waals surface area contributed by atoms with E-state index in [-0.39, 0.29) is 49.7 Å². The maximum Gasteiger partial charge on any atom is 0.338 e. The van der Waals surface area contributed by atoms with Crippen LogP contribution >= 0.6 is 18.9 Å². The summed E-state index contributed by atoms with van der Waals surface area (Å²) in [4.78, 5) is 42.6. The molecule has 3 aromatic rings. The highest BCUT2D eigenvalue weighted by atomic mass is 32.1. The van der Waals surface area contributed by atoms with Gasteiger partial charge in [-0.25, -0.2) is 9.97 Å². The zero-order chi connectivity index (χ0) is 31.1. The summed E-state index contributed by atoms with van der Waals surface area (Å²) in [6.07, 6.45) is -0.210. The molecule has 1 amide bonds. The molecule has 0 unspecified atom stereocenters. The van der Waals surface area contributed by atoms with Crippen molar-refractivity contribution in [2.75, 3.05) is 76.8 Å².